The van der Waals surface area contributed by atoms with Crippen molar-refractivity contribution in [3.05, 3.63) is 0 Å². The predicted octanol–water partition coefficient (Wildman–Crippen LogP) is 2.54. The highest BCUT2D eigenvalue weighted by Crippen LogP contribution is 2.30. The molecule has 12 heavy (non-hydrogen) atoms. The molecular formula is C10H17NO. The van der Waals surface area contributed by atoms with Crippen LogP contribution in [0.5, 0.6) is 0 Å². The van der Waals surface area contributed by atoms with Gasteiger partial charge in [-0.15, -0.1) is 0 Å². The molecule has 1 unspecified atom stereocenters. The molecule has 0 heterocycles. The van der Waals surface area contributed by atoms with Crippen molar-refractivity contribution < 1.29 is 4.79 Å². The summed E-state index contributed by atoms with van der Waals surface area (Å²) in [5, 5.41) is 8.84. The molecule has 1 atom stereocenters. The number of hydrogen-bond donors (Lipinski definition) is 0. The molecule has 0 bridgehead atoms. The van der Waals surface area contributed by atoms with E-state index in [-0.39, 0.29) is 11.7 Å². The first-order valence-corrected chi connectivity index (χ1v) is 4.37. The van der Waals surface area contributed by atoms with Crippen LogP contribution in [0.25, 0.3) is 0 Å². The average molecular weight is 167 g/mol. The van der Waals surface area contributed by atoms with E-state index in [0.29, 0.717) is 0 Å². The van der Waals surface area contributed by atoms with Gasteiger partial charge in [-0.25, -0.2) is 0 Å². The second-order valence-corrected chi connectivity index (χ2v) is 3.79. The maximum absolute atomic E-state index is 11.2. The van der Waals surface area contributed by atoms with Gasteiger partial charge in [-0.1, -0.05) is 13.3 Å². The number of nitrogens with zero attached hydrogens (tertiary/aromatic N) is 1. The zero-order valence-electron chi connectivity index (χ0n) is 8.35. The van der Waals surface area contributed by atoms with Crippen LogP contribution in [-0.4, -0.2) is 5.78 Å². The first-order chi connectivity index (χ1) is 5.45. The fourth-order valence-electron chi connectivity index (χ4n) is 1.44. The van der Waals surface area contributed by atoms with Crippen molar-refractivity contribution in [2.24, 2.45) is 11.3 Å². The van der Waals surface area contributed by atoms with Crippen molar-refractivity contribution in [2.75, 3.05) is 0 Å². The van der Waals surface area contributed by atoms with Crippen LogP contribution >= 0.6 is 0 Å². The SMILES string of the molecule is CCCC(C(C)=O)C(C)(C)C#N. The molecule has 0 saturated carbocycles. The minimum Gasteiger partial charge on any atom is -0.300 e. The highest BCUT2D eigenvalue weighted by Gasteiger charge is 2.31. The minimum atomic E-state index is -0.512. The van der Waals surface area contributed by atoms with E-state index in [0.717, 1.165) is 12.8 Å². The Hall–Kier alpha value is -0.840. The Balaban J connectivity index is 4.52. The molecule has 0 aromatic heterocycles. The standard InChI is InChI=1S/C10H17NO/c1-5-6-9(8(2)12)10(3,4)7-11/h9H,5-6H2,1-4H3. The van der Waals surface area contributed by atoms with Crippen LogP contribution in [0.3, 0.4) is 0 Å². The van der Waals surface area contributed by atoms with Gasteiger partial charge < -0.3 is 0 Å². The van der Waals surface area contributed by atoms with E-state index in [2.05, 4.69) is 6.07 Å². The number of ketones is 1. The zero-order chi connectivity index (χ0) is 9.78. The molecule has 0 radical (unpaired) electrons. The monoisotopic (exact) mass is 167 g/mol. The summed E-state index contributed by atoms with van der Waals surface area (Å²) in [5.41, 5.74) is -0.512. The fourth-order valence-corrected chi connectivity index (χ4v) is 1.44. The highest BCUT2D eigenvalue weighted by atomic mass is 16.1. The van der Waals surface area contributed by atoms with E-state index in [4.69, 9.17) is 5.26 Å². The summed E-state index contributed by atoms with van der Waals surface area (Å²) in [6.07, 6.45) is 1.77. The Bertz CT molecular complexity index is 200. The molecule has 68 valence electrons. The summed E-state index contributed by atoms with van der Waals surface area (Å²) in [5.74, 6) is 0.0240. The molecule has 0 rings (SSSR count). The van der Waals surface area contributed by atoms with Crippen LogP contribution < -0.4 is 0 Å². The topological polar surface area (TPSA) is 40.9 Å². The van der Waals surface area contributed by atoms with Crippen molar-refractivity contribution in [3.8, 4) is 6.07 Å². The molecule has 0 N–H and O–H groups in total. The zero-order valence-corrected chi connectivity index (χ0v) is 8.35. The summed E-state index contributed by atoms with van der Waals surface area (Å²) in [6.45, 7) is 7.26. The van der Waals surface area contributed by atoms with Crippen LogP contribution in [0.1, 0.15) is 40.5 Å². The predicted molar refractivity (Wildman–Crippen MR) is 48.5 cm³/mol. The molecular weight excluding hydrogens is 150 g/mol. The lowest BCUT2D eigenvalue weighted by Crippen LogP contribution is -2.28. The summed E-state index contributed by atoms with van der Waals surface area (Å²) in [4.78, 5) is 11.2. The molecule has 0 amide bonds. The molecule has 0 aliphatic heterocycles. The molecule has 0 fully saturated rings. The van der Waals surface area contributed by atoms with Gasteiger partial charge in [0, 0.05) is 5.92 Å². The van der Waals surface area contributed by atoms with Crippen LogP contribution in [0.4, 0.5) is 0 Å². The van der Waals surface area contributed by atoms with E-state index in [1.807, 2.05) is 20.8 Å². The second-order valence-electron chi connectivity index (χ2n) is 3.79. The highest BCUT2D eigenvalue weighted by molar-refractivity contribution is 5.79. The van der Waals surface area contributed by atoms with Gasteiger partial charge in [0.2, 0.25) is 0 Å². The third-order valence-electron chi connectivity index (χ3n) is 2.23. The third kappa shape index (κ3) is 2.65. The van der Waals surface area contributed by atoms with E-state index >= 15 is 0 Å². The van der Waals surface area contributed by atoms with Crippen LogP contribution in [0.15, 0.2) is 0 Å². The van der Waals surface area contributed by atoms with E-state index in [1.165, 1.54) is 0 Å². The first-order valence-electron chi connectivity index (χ1n) is 4.37. The van der Waals surface area contributed by atoms with Crippen molar-refractivity contribution in [1.29, 1.82) is 5.26 Å². The van der Waals surface area contributed by atoms with Gasteiger partial charge in [-0.3, -0.25) is 4.79 Å². The summed E-state index contributed by atoms with van der Waals surface area (Å²) < 4.78 is 0. The van der Waals surface area contributed by atoms with E-state index < -0.39 is 5.41 Å². The van der Waals surface area contributed by atoms with Gasteiger partial charge in [-0.05, 0) is 27.2 Å². The largest absolute Gasteiger partial charge is 0.300 e. The molecule has 0 aromatic carbocycles. The number of rotatable bonds is 4. The van der Waals surface area contributed by atoms with Gasteiger partial charge in [0.25, 0.3) is 0 Å². The summed E-state index contributed by atoms with van der Waals surface area (Å²) in [6, 6.07) is 2.19. The lowest BCUT2D eigenvalue weighted by atomic mass is 9.75. The van der Waals surface area contributed by atoms with Crippen molar-refractivity contribution in [3.63, 3.8) is 0 Å². The fraction of sp³-hybridized carbons (Fsp3) is 0.800. The number of carbonyl (C=O) groups excluding carboxylic acids is 1. The van der Waals surface area contributed by atoms with Gasteiger partial charge >= 0.3 is 0 Å². The Kier molecular flexibility index (Phi) is 3.95. The first kappa shape index (κ1) is 11.2. The van der Waals surface area contributed by atoms with Gasteiger partial charge in [0.15, 0.2) is 0 Å². The Morgan fingerprint density at radius 2 is 2.08 bits per heavy atom. The van der Waals surface area contributed by atoms with Crippen LogP contribution in [-0.2, 0) is 4.79 Å². The Morgan fingerprint density at radius 1 is 1.58 bits per heavy atom. The minimum absolute atomic E-state index is 0.104. The molecule has 0 saturated heterocycles. The maximum atomic E-state index is 11.2. The number of hydrogen-bond acceptors (Lipinski definition) is 2. The second kappa shape index (κ2) is 4.25. The smallest absolute Gasteiger partial charge is 0.134 e. The number of Topliss-reactive ketones (excluding diaryl/α,β-unsaturated/α-hetero) is 1. The average Bonchev–Trinajstić information content (AvgIpc) is 1.99. The Morgan fingerprint density at radius 3 is 2.33 bits per heavy atom. The lowest BCUT2D eigenvalue weighted by molar-refractivity contribution is -0.123. The molecule has 0 aliphatic rings. The molecule has 2 heteroatoms. The van der Waals surface area contributed by atoms with Gasteiger partial charge in [0.1, 0.15) is 5.78 Å². The Labute approximate surface area is 74.6 Å². The normalized spacial score (nSPS) is 13.6. The van der Waals surface area contributed by atoms with Crippen molar-refractivity contribution in [2.45, 2.75) is 40.5 Å². The maximum Gasteiger partial charge on any atom is 0.134 e. The molecule has 2 nitrogen and oxygen atoms in total. The number of nitriles is 1. The molecule has 0 aromatic rings. The third-order valence-corrected chi connectivity index (χ3v) is 2.23. The summed E-state index contributed by atoms with van der Waals surface area (Å²) in [7, 11) is 0. The van der Waals surface area contributed by atoms with Crippen LogP contribution in [0, 0.1) is 22.7 Å². The van der Waals surface area contributed by atoms with Crippen LogP contribution in [0.2, 0.25) is 0 Å². The van der Waals surface area contributed by atoms with Crippen molar-refractivity contribution >= 4 is 5.78 Å². The van der Waals surface area contributed by atoms with Gasteiger partial charge in [-0.2, -0.15) is 5.26 Å². The quantitative estimate of drug-likeness (QED) is 0.645. The lowest BCUT2D eigenvalue weighted by Gasteiger charge is -2.24. The van der Waals surface area contributed by atoms with E-state index in [9.17, 15) is 4.79 Å². The van der Waals surface area contributed by atoms with Crippen molar-refractivity contribution in [1.82, 2.24) is 0 Å². The molecule has 0 aliphatic carbocycles. The number of carbonyl (C=O) groups is 1. The van der Waals surface area contributed by atoms with E-state index in [1.54, 1.807) is 6.92 Å². The molecule has 0 spiro atoms. The van der Waals surface area contributed by atoms with Gasteiger partial charge in [0.05, 0.1) is 11.5 Å². The summed E-state index contributed by atoms with van der Waals surface area (Å²) >= 11 is 0.